The molecule has 8 nitrogen and oxygen atoms in total. The van der Waals surface area contributed by atoms with E-state index < -0.39 is 11.9 Å². The van der Waals surface area contributed by atoms with Crippen LogP contribution < -0.4 is 10.6 Å². The first-order chi connectivity index (χ1) is 13.0. The third kappa shape index (κ3) is 6.95. The zero-order valence-electron chi connectivity index (χ0n) is 16.0. The van der Waals surface area contributed by atoms with Crippen LogP contribution in [0.3, 0.4) is 0 Å². The lowest BCUT2D eigenvalue weighted by Gasteiger charge is -2.31. The zero-order valence-corrected chi connectivity index (χ0v) is 16.0. The number of carbonyl (C=O) groups excluding carboxylic acids is 2. The van der Waals surface area contributed by atoms with E-state index in [1.165, 1.54) is 7.11 Å². The van der Waals surface area contributed by atoms with Crippen LogP contribution in [0.2, 0.25) is 0 Å². The summed E-state index contributed by atoms with van der Waals surface area (Å²) in [5, 5.41) is 15.1. The highest BCUT2D eigenvalue weighted by atomic mass is 16.5. The number of allylic oxidation sites excluding steroid dienone is 1. The van der Waals surface area contributed by atoms with Crippen molar-refractivity contribution in [2.75, 3.05) is 46.4 Å². The first kappa shape index (κ1) is 21.4. The van der Waals surface area contributed by atoms with Crippen molar-refractivity contribution in [3.05, 3.63) is 12.2 Å². The molecule has 2 rings (SSSR count). The van der Waals surface area contributed by atoms with Crippen molar-refractivity contribution < 1.29 is 24.2 Å². The normalized spacial score (nSPS) is 22.6. The minimum absolute atomic E-state index is 0.0298. The van der Waals surface area contributed by atoms with Gasteiger partial charge >= 0.3 is 5.97 Å². The molecular weight excluding hydrogens is 350 g/mol. The number of carboxylic acid groups (broad SMARTS) is 1. The van der Waals surface area contributed by atoms with Crippen molar-refractivity contribution in [1.82, 2.24) is 15.5 Å². The predicted octanol–water partition coefficient (Wildman–Crippen LogP) is 0.244. The van der Waals surface area contributed by atoms with Crippen molar-refractivity contribution in [2.45, 2.75) is 25.7 Å². The Kier molecular flexibility index (Phi) is 8.74. The van der Waals surface area contributed by atoms with Crippen LogP contribution >= 0.6 is 0 Å². The molecule has 152 valence electrons. The van der Waals surface area contributed by atoms with E-state index in [0.29, 0.717) is 25.4 Å². The highest BCUT2D eigenvalue weighted by Gasteiger charge is 2.28. The Morgan fingerprint density at radius 1 is 1.30 bits per heavy atom. The maximum absolute atomic E-state index is 12.4. The van der Waals surface area contributed by atoms with E-state index in [1.807, 2.05) is 6.08 Å². The molecule has 8 heteroatoms. The fourth-order valence-electron chi connectivity index (χ4n) is 3.54. The second-order valence-electron chi connectivity index (χ2n) is 7.31. The molecule has 2 saturated heterocycles. The van der Waals surface area contributed by atoms with Crippen molar-refractivity contribution in [1.29, 1.82) is 0 Å². The summed E-state index contributed by atoms with van der Waals surface area (Å²) < 4.78 is 4.87. The molecule has 2 amide bonds. The number of nitrogens with zero attached hydrogens (tertiary/aromatic N) is 1. The Labute approximate surface area is 160 Å². The van der Waals surface area contributed by atoms with Crippen molar-refractivity contribution >= 4 is 17.8 Å². The highest BCUT2D eigenvalue weighted by molar-refractivity contribution is 5.88. The number of methoxy groups -OCH3 is 1. The Balaban J connectivity index is 1.81. The number of rotatable bonds is 8. The molecule has 3 N–H and O–H groups in total. The summed E-state index contributed by atoms with van der Waals surface area (Å²) in [7, 11) is 1.43. The second-order valence-corrected chi connectivity index (χ2v) is 7.31. The highest BCUT2D eigenvalue weighted by Crippen LogP contribution is 2.18. The van der Waals surface area contributed by atoms with Crippen LogP contribution in [-0.2, 0) is 19.1 Å². The van der Waals surface area contributed by atoms with Gasteiger partial charge in [-0.15, -0.1) is 0 Å². The topological polar surface area (TPSA) is 108 Å². The van der Waals surface area contributed by atoms with E-state index >= 15 is 0 Å². The van der Waals surface area contributed by atoms with E-state index in [9.17, 15) is 14.4 Å². The van der Waals surface area contributed by atoms with Crippen molar-refractivity contribution in [3.63, 3.8) is 0 Å². The van der Waals surface area contributed by atoms with Gasteiger partial charge in [0.05, 0.1) is 18.4 Å². The average molecular weight is 381 g/mol. The lowest BCUT2D eigenvalue weighted by atomic mass is 9.96. The summed E-state index contributed by atoms with van der Waals surface area (Å²) in [5.41, 5.74) is 0. The monoisotopic (exact) mass is 381 g/mol. The lowest BCUT2D eigenvalue weighted by molar-refractivity contribution is -0.143. The number of amides is 2. The number of carbonyl (C=O) groups is 3. The van der Waals surface area contributed by atoms with Gasteiger partial charge < -0.3 is 25.4 Å². The van der Waals surface area contributed by atoms with Gasteiger partial charge in [-0.3, -0.25) is 14.4 Å². The smallest absolute Gasteiger partial charge is 0.310 e. The van der Waals surface area contributed by atoms with E-state index in [4.69, 9.17) is 9.84 Å². The van der Waals surface area contributed by atoms with Crippen LogP contribution in [0.4, 0.5) is 0 Å². The third-order valence-corrected chi connectivity index (χ3v) is 5.24. The summed E-state index contributed by atoms with van der Waals surface area (Å²) in [6.45, 7) is 3.07. The number of likely N-dealkylation sites (tertiary alicyclic amines) is 1. The number of piperidine rings is 2. The van der Waals surface area contributed by atoms with Gasteiger partial charge in [0.25, 0.3) is 0 Å². The Bertz CT molecular complexity index is 545. The summed E-state index contributed by atoms with van der Waals surface area (Å²) in [6, 6.07) is 0. The first-order valence-electron chi connectivity index (χ1n) is 9.68. The van der Waals surface area contributed by atoms with Gasteiger partial charge in [0.15, 0.2) is 0 Å². The summed E-state index contributed by atoms with van der Waals surface area (Å²) in [6.07, 6.45) is 7.20. The largest absolute Gasteiger partial charge is 0.481 e. The van der Waals surface area contributed by atoms with Crippen LogP contribution in [0, 0.1) is 17.8 Å². The van der Waals surface area contributed by atoms with Crippen molar-refractivity contribution in [2.24, 2.45) is 17.8 Å². The van der Waals surface area contributed by atoms with Gasteiger partial charge in [0, 0.05) is 26.7 Å². The van der Waals surface area contributed by atoms with Gasteiger partial charge in [-0.05, 0) is 50.8 Å². The van der Waals surface area contributed by atoms with Crippen LogP contribution in [-0.4, -0.2) is 74.2 Å². The summed E-state index contributed by atoms with van der Waals surface area (Å²) in [4.78, 5) is 37.7. The minimum atomic E-state index is -0.999. The molecule has 2 aliphatic rings. The van der Waals surface area contributed by atoms with E-state index in [-0.39, 0.29) is 30.9 Å². The molecule has 0 unspecified atom stereocenters. The molecule has 0 bridgehead atoms. The SMILES string of the molecule is COC[C@H](CNC(=O)[C@@H]1CCCN(C(=O)/C=C/C2CCNCC2)C1)C(=O)O. The predicted molar refractivity (Wildman–Crippen MR) is 100 cm³/mol. The van der Waals surface area contributed by atoms with Crippen LogP contribution in [0.15, 0.2) is 12.2 Å². The number of hydrogen-bond acceptors (Lipinski definition) is 5. The standard InChI is InChI=1S/C19H31N3O5/c1-27-13-16(19(25)26)11-21-18(24)15-3-2-10-22(12-15)17(23)5-4-14-6-8-20-9-7-14/h4-5,14-16,20H,2-3,6-13H2,1H3,(H,21,24)(H,25,26)/b5-4+/t15-,16+/m1/s1. The first-order valence-corrected chi connectivity index (χ1v) is 9.68. The Morgan fingerprint density at radius 3 is 2.70 bits per heavy atom. The quantitative estimate of drug-likeness (QED) is 0.520. The number of nitrogens with one attached hydrogen (secondary N) is 2. The van der Waals surface area contributed by atoms with Gasteiger partial charge in [0.1, 0.15) is 0 Å². The lowest BCUT2D eigenvalue weighted by Crippen LogP contribution is -2.46. The van der Waals surface area contributed by atoms with E-state index in [0.717, 1.165) is 32.4 Å². The summed E-state index contributed by atoms with van der Waals surface area (Å²) >= 11 is 0. The molecule has 0 aromatic heterocycles. The maximum atomic E-state index is 12.4. The number of carboxylic acids is 1. The summed E-state index contributed by atoms with van der Waals surface area (Å²) in [5.74, 6) is -1.88. The number of hydrogen-bond donors (Lipinski definition) is 3. The molecule has 2 fully saturated rings. The van der Waals surface area contributed by atoms with Crippen LogP contribution in [0.1, 0.15) is 25.7 Å². The molecule has 0 spiro atoms. The zero-order chi connectivity index (χ0) is 19.6. The van der Waals surface area contributed by atoms with Gasteiger partial charge in [-0.25, -0.2) is 0 Å². The van der Waals surface area contributed by atoms with Crippen molar-refractivity contribution in [3.8, 4) is 0 Å². The molecule has 0 aromatic rings. The minimum Gasteiger partial charge on any atom is -0.481 e. The molecule has 0 aromatic carbocycles. The molecule has 27 heavy (non-hydrogen) atoms. The molecule has 2 aliphatic heterocycles. The van der Waals surface area contributed by atoms with Gasteiger partial charge in [0.2, 0.25) is 11.8 Å². The molecule has 2 heterocycles. The van der Waals surface area contributed by atoms with E-state index in [2.05, 4.69) is 10.6 Å². The molecular formula is C19H31N3O5. The fourth-order valence-corrected chi connectivity index (χ4v) is 3.54. The molecule has 0 saturated carbocycles. The molecule has 0 radical (unpaired) electrons. The number of ether oxygens (including phenoxy) is 1. The van der Waals surface area contributed by atoms with Crippen LogP contribution in [0.5, 0.6) is 0 Å². The Hall–Kier alpha value is -1.93. The number of aliphatic carboxylic acids is 1. The molecule has 2 atom stereocenters. The third-order valence-electron chi connectivity index (χ3n) is 5.24. The van der Waals surface area contributed by atoms with Gasteiger partial charge in [-0.2, -0.15) is 0 Å². The molecule has 0 aliphatic carbocycles. The van der Waals surface area contributed by atoms with Crippen LogP contribution in [0.25, 0.3) is 0 Å². The fraction of sp³-hybridized carbons (Fsp3) is 0.737. The average Bonchev–Trinajstić information content (AvgIpc) is 2.69. The van der Waals surface area contributed by atoms with Gasteiger partial charge in [-0.1, -0.05) is 6.08 Å². The second kappa shape index (κ2) is 11.0. The Morgan fingerprint density at radius 2 is 2.04 bits per heavy atom. The maximum Gasteiger partial charge on any atom is 0.310 e. The van der Waals surface area contributed by atoms with E-state index in [1.54, 1.807) is 11.0 Å².